The predicted molar refractivity (Wildman–Crippen MR) is 87.1 cm³/mol. The lowest BCUT2D eigenvalue weighted by molar-refractivity contribution is 0.00669. The number of carbonyl (C=O) groups excluding carboxylic acids is 2. The predicted octanol–water partition coefficient (Wildman–Crippen LogP) is 2.70. The van der Waals surface area contributed by atoms with Crippen molar-refractivity contribution in [3.8, 4) is 5.75 Å². The van der Waals surface area contributed by atoms with Crippen LogP contribution in [0.3, 0.4) is 0 Å². The molecule has 1 saturated heterocycles. The Labute approximate surface area is 140 Å². The van der Waals surface area contributed by atoms with Crippen LogP contribution in [0, 0.1) is 0 Å². The van der Waals surface area contributed by atoms with Crippen molar-refractivity contribution in [1.82, 2.24) is 10.2 Å². The Hall–Kier alpha value is -1.79. The maximum Gasteiger partial charge on any atom is 0.415 e. The molecule has 1 N–H and O–H groups in total. The van der Waals surface area contributed by atoms with Gasteiger partial charge in [0.2, 0.25) is 0 Å². The van der Waals surface area contributed by atoms with Gasteiger partial charge in [-0.15, -0.1) is 0 Å². The minimum Gasteiger partial charge on any atom is -0.456 e. The van der Waals surface area contributed by atoms with E-state index in [1.165, 1.54) is 12.1 Å². The quantitative estimate of drug-likeness (QED) is 0.838. The van der Waals surface area contributed by atoms with Crippen LogP contribution in [0.2, 0.25) is 5.02 Å². The molecule has 1 aromatic rings. The highest BCUT2D eigenvalue weighted by molar-refractivity contribution is 6.31. The fourth-order valence-electron chi connectivity index (χ4n) is 2.09. The van der Waals surface area contributed by atoms with Gasteiger partial charge < -0.3 is 19.7 Å². The van der Waals surface area contributed by atoms with Crippen LogP contribution in [0.25, 0.3) is 0 Å². The third-order valence-electron chi connectivity index (χ3n) is 3.13. The molecule has 0 saturated carbocycles. The van der Waals surface area contributed by atoms with Gasteiger partial charge in [-0.3, -0.25) is 0 Å². The Morgan fingerprint density at radius 2 is 1.87 bits per heavy atom. The van der Waals surface area contributed by atoms with Crippen LogP contribution in [0.4, 0.5) is 4.79 Å². The molecule has 7 heteroatoms. The van der Waals surface area contributed by atoms with Gasteiger partial charge in [-0.25, -0.2) is 9.59 Å². The van der Waals surface area contributed by atoms with Crippen LogP contribution < -0.4 is 10.1 Å². The van der Waals surface area contributed by atoms with Crippen LogP contribution in [0.15, 0.2) is 18.2 Å². The zero-order chi connectivity index (χ0) is 17.0. The smallest absolute Gasteiger partial charge is 0.415 e. The first-order valence-corrected chi connectivity index (χ1v) is 7.84. The minimum atomic E-state index is -0.654. The molecular formula is C16H21ClN2O4. The van der Waals surface area contributed by atoms with E-state index in [0.717, 1.165) is 0 Å². The molecule has 0 spiro atoms. The maximum absolute atomic E-state index is 12.3. The van der Waals surface area contributed by atoms with E-state index in [1.54, 1.807) is 31.7 Å². The number of carbonyl (C=O) groups is 2. The first kappa shape index (κ1) is 17.6. The van der Waals surface area contributed by atoms with Crippen molar-refractivity contribution in [3.05, 3.63) is 28.8 Å². The Bertz CT molecular complexity index is 592. The van der Waals surface area contributed by atoms with Gasteiger partial charge in [0.05, 0.1) is 0 Å². The first-order valence-electron chi connectivity index (χ1n) is 7.46. The highest BCUT2D eigenvalue weighted by Crippen LogP contribution is 2.26. The third-order valence-corrected chi connectivity index (χ3v) is 3.37. The van der Waals surface area contributed by atoms with Gasteiger partial charge in [0, 0.05) is 31.2 Å². The number of halogens is 1. The second-order valence-corrected chi connectivity index (χ2v) is 6.68. The molecule has 0 aromatic heterocycles. The summed E-state index contributed by atoms with van der Waals surface area (Å²) >= 11 is 5.95. The molecule has 1 heterocycles. The van der Waals surface area contributed by atoms with Gasteiger partial charge in [0.25, 0.3) is 0 Å². The molecule has 1 amide bonds. The maximum atomic E-state index is 12.3. The molecule has 6 nitrogen and oxygen atoms in total. The highest BCUT2D eigenvalue weighted by Gasteiger charge is 2.24. The van der Waals surface area contributed by atoms with Crippen LogP contribution in [-0.4, -0.2) is 48.7 Å². The number of hydrogen-bond donors (Lipinski definition) is 1. The summed E-state index contributed by atoms with van der Waals surface area (Å²) in [6.45, 7) is 7.86. The Morgan fingerprint density at radius 1 is 1.22 bits per heavy atom. The number of piperazine rings is 1. The Balaban J connectivity index is 2.17. The van der Waals surface area contributed by atoms with E-state index in [1.807, 2.05) is 0 Å². The number of nitrogens with one attached hydrogen (secondary N) is 1. The van der Waals surface area contributed by atoms with Crippen LogP contribution in [-0.2, 0) is 4.74 Å². The van der Waals surface area contributed by atoms with Crippen LogP contribution in [0.5, 0.6) is 5.75 Å². The first-order chi connectivity index (χ1) is 10.8. The molecule has 1 fully saturated rings. The minimum absolute atomic E-state index is 0.135. The monoisotopic (exact) mass is 340 g/mol. The zero-order valence-corrected chi connectivity index (χ0v) is 14.3. The third kappa shape index (κ3) is 5.11. The Morgan fingerprint density at radius 3 is 2.48 bits per heavy atom. The Kier molecular flexibility index (Phi) is 5.49. The van der Waals surface area contributed by atoms with Gasteiger partial charge in [-0.1, -0.05) is 11.6 Å². The number of rotatable bonds is 2. The number of nitrogens with zero attached hydrogens (tertiary/aromatic N) is 1. The molecule has 2 rings (SSSR count). The number of ether oxygens (including phenoxy) is 2. The lowest BCUT2D eigenvalue weighted by atomic mass is 10.1. The molecule has 1 aliphatic rings. The summed E-state index contributed by atoms with van der Waals surface area (Å²) in [5.74, 6) is -0.435. The lowest BCUT2D eigenvalue weighted by Gasteiger charge is -2.27. The molecule has 23 heavy (non-hydrogen) atoms. The van der Waals surface area contributed by atoms with Gasteiger partial charge >= 0.3 is 12.1 Å². The van der Waals surface area contributed by atoms with Crippen molar-refractivity contribution >= 4 is 23.7 Å². The number of esters is 1. The van der Waals surface area contributed by atoms with Crippen molar-refractivity contribution in [1.29, 1.82) is 0 Å². The molecule has 0 atom stereocenters. The van der Waals surface area contributed by atoms with Crippen molar-refractivity contribution in [2.24, 2.45) is 0 Å². The van der Waals surface area contributed by atoms with Crippen molar-refractivity contribution in [3.63, 3.8) is 0 Å². The molecule has 1 aromatic carbocycles. The SMILES string of the molecule is CC(C)(C)OC(=O)c1cc(Cl)ccc1OC(=O)N1CCNCC1. The molecule has 0 aliphatic carbocycles. The van der Waals surface area contributed by atoms with Gasteiger partial charge in [-0.2, -0.15) is 0 Å². The lowest BCUT2D eigenvalue weighted by Crippen LogP contribution is -2.47. The zero-order valence-electron chi connectivity index (χ0n) is 13.5. The fraction of sp³-hybridized carbons (Fsp3) is 0.500. The molecular weight excluding hydrogens is 320 g/mol. The van der Waals surface area contributed by atoms with E-state index < -0.39 is 17.7 Å². The second kappa shape index (κ2) is 7.19. The second-order valence-electron chi connectivity index (χ2n) is 6.25. The summed E-state index contributed by atoms with van der Waals surface area (Å²) in [6.07, 6.45) is -0.487. The van der Waals surface area contributed by atoms with E-state index >= 15 is 0 Å². The van der Waals surface area contributed by atoms with E-state index in [4.69, 9.17) is 21.1 Å². The molecule has 1 aliphatic heterocycles. The summed E-state index contributed by atoms with van der Waals surface area (Å²) in [4.78, 5) is 26.1. The van der Waals surface area contributed by atoms with Crippen molar-refractivity contribution in [2.75, 3.05) is 26.2 Å². The normalized spacial score (nSPS) is 15.2. The van der Waals surface area contributed by atoms with Crippen LogP contribution in [0.1, 0.15) is 31.1 Å². The topological polar surface area (TPSA) is 67.9 Å². The van der Waals surface area contributed by atoms with Gasteiger partial charge in [0.1, 0.15) is 16.9 Å². The van der Waals surface area contributed by atoms with Crippen LogP contribution >= 0.6 is 11.6 Å². The van der Waals surface area contributed by atoms with Crippen molar-refractivity contribution in [2.45, 2.75) is 26.4 Å². The van der Waals surface area contributed by atoms with E-state index in [-0.39, 0.29) is 11.3 Å². The van der Waals surface area contributed by atoms with E-state index in [9.17, 15) is 9.59 Å². The van der Waals surface area contributed by atoms with E-state index in [2.05, 4.69) is 5.32 Å². The molecule has 0 radical (unpaired) electrons. The molecule has 126 valence electrons. The number of amides is 1. The largest absolute Gasteiger partial charge is 0.456 e. The summed E-state index contributed by atoms with van der Waals surface area (Å²) in [7, 11) is 0. The molecule has 0 bridgehead atoms. The van der Waals surface area contributed by atoms with Gasteiger partial charge in [-0.05, 0) is 39.0 Å². The fourth-order valence-corrected chi connectivity index (χ4v) is 2.26. The average Bonchev–Trinajstić information content (AvgIpc) is 2.48. The highest BCUT2D eigenvalue weighted by atomic mass is 35.5. The summed E-state index contributed by atoms with van der Waals surface area (Å²) in [5.41, 5.74) is -0.518. The standard InChI is InChI=1S/C16H21ClN2O4/c1-16(2,3)23-14(20)12-10-11(17)4-5-13(12)22-15(21)19-8-6-18-7-9-19/h4-5,10,18H,6-9H2,1-3H3. The summed E-state index contributed by atoms with van der Waals surface area (Å²) in [5, 5.41) is 3.52. The average molecular weight is 341 g/mol. The molecule has 0 unspecified atom stereocenters. The number of hydrogen-bond acceptors (Lipinski definition) is 5. The van der Waals surface area contributed by atoms with Gasteiger partial charge in [0.15, 0.2) is 0 Å². The van der Waals surface area contributed by atoms with E-state index in [0.29, 0.717) is 31.2 Å². The summed E-state index contributed by atoms with van der Waals surface area (Å²) < 4.78 is 10.7. The summed E-state index contributed by atoms with van der Waals surface area (Å²) in [6, 6.07) is 4.51. The number of benzene rings is 1. The van der Waals surface area contributed by atoms with Crippen molar-refractivity contribution < 1.29 is 19.1 Å².